The number of halogens is 6. The van der Waals surface area contributed by atoms with Crippen LogP contribution in [0.3, 0.4) is 0 Å². The Morgan fingerprint density at radius 1 is 1.19 bits per heavy atom. The maximum absolute atomic E-state index is 14.7. The highest BCUT2D eigenvalue weighted by Crippen LogP contribution is 2.35. The van der Waals surface area contributed by atoms with Crippen molar-refractivity contribution in [2.45, 2.75) is 57.5 Å². The minimum atomic E-state index is -4.91. The zero-order chi connectivity index (χ0) is 26.7. The number of nitrogens with zero attached hydrogens (tertiary/aromatic N) is 3. The van der Waals surface area contributed by atoms with Gasteiger partial charge in [-0.05, 0) is 45.4 Å². The number of amides is 1. The lowest BCUT2D eigenvalue weighted by Gasteiger charge is -2.40. The number of rotatable bonds is 6. The van der Waals surface area contributed by atoms with Gasteiger partial charge in [0.25, 0.3) is 5.92 Å². The Morgan fingerprint density at radius 2 is 1.92 bits per heavy atom. The van der Waals surface area contributed by atoms with Crippen molar-refractivity contribution in [3.8, 4) is 5.75 Å². The number of hydrogen-bond donors (Lipinski definition) is 2. The third-order valence-electron chi connectivity index (χ3n) is 4.89. The maximum atomic E-state index is 14.7. The molecule has 1 fully saturated rings. The fourth-order valence-corrected chi connectivity index (χ4v) is 3.48. The van der Waals surface area contributed by atoms with E-state index < -0.39 is 60.4 Å². The van der Waals surface area contributed by atoms with Gasteiger partial charge in [0.1, 0.15) is 23.0 Å². The zero-order valence-electron chi connectivity index (χ0n) is 19.6. The molecule has 1 unspecified atom stereocenters. The zero-order valence-corrected chi connectivity index (χ0v) is 19.6. The van der Waals surface area contributed by atoms with Crippen LogP contribution in [0.1, 0.15) is 33.6 Å². The van der Waals surface area contributed by atoms with E-state index in [-0.39, 0.29) is 24.6 Å². The molecule has 1 atom stereocenters. The summed E-state index contributed by atoms with van der Waals surface area (Å²) < 4.78 is 89.7. The van der Waals surface area contributed by atoms with E-state index in [2.05, 4.69) is 25.3 Å². The summed E-state index contributed by atoms with van der Waals surface area (Å²) in [5.41, 5.74) is -0.770. The summed E-state index contributed by atoms with van der Waals surface area (Å²) >= 11 is 0. The molecule has 8 nitrogen and oxygen atoms in total. The normalized spacial score (nSPS) is 17.9. The first kappa shape index (κ1) is 27.1. The number of carbonyl (C=O) groups excluding carboxylic acids is 1. The van der Waals surface area contributed by atoms with Crippen LogP contribution in [0.15, 0.2) is 30.5 Å². The Morgan fingerprint density at radius 3 is 2.58 bits per heavy atom. The van der Waals surface area contributed by atoms with E-state index in [0.717, 1.165) is 29.3 Å². The van der Waals surface area contributed by atoms with Crippen LogP contribution in [0.25, 0.3) is 0 Å². The Labute approximate surface area is 203 Å². The molecule has 2 aromatic heterocycles. The van der Waals surface area contributed by atoms with Crippen LogP contribution in [0, 0.1) is 5.82 Å². The highest BCUT2D eigenvalue weighted by Gasteiger charge is 2.41. The fourth-order valence-electron chi connectivity index (χ4n) is 3.48. The molecular weight excluding hydrogens is 496 g/mol. The lowest BCUT2D eigenvalue weighted by Crippen LogP contribution is -2.54. The van der Waals surface area contributed by atoms with Gasteiger partial charge in [-0.25, -0.2) is 27.9 Å². The Balaban J connectivity index is 1.81. The maximum Gasteiger partial charge on any atom is 0.573 e. The second kappa shape index (κ2) is 10.3. The molecule has 0 bridgehead atoms. The van der Waals surface area contributed by atoms with Gasteiger partial charge < -0.3 is 25.0 Å². The molecule has 0 saturated carbocycles. The third-order valence-corrected chi connectivity index (χ3v) is 4.89. The fraction of sp³-hybridized carbons (Fsp3) is 0.500. The predicted octanol–water partition coefficient (Wildman–Crippen LogP) is 5.39. The number of anilines is 3. The number of pyridine rings is 2. The molecule has 0 spiro atoms. The monoisotopic (exact) mass is 521 g/mol. The van der Waals surface area contributed by atoms with Gasteiger partial charge in [0, 0.05) is 31.3 Å². The van der Waals surface area contributed by atoms with Crippen molar-refractivity contribution in [2.24, 2.45) is 0 Å². The molecule has 1 aliphatic heterocycles. The second-order valence-corrected chi connectivity index (χ2v) is 9.11. The Bertz CT molecular complexity index is 1080. The summed E-state index contributed by atoms with van der Waals surface area (Å²) in [7, 11) is 0. The lowest BCUT2D eigenvalue weighted by molar-refractivity contribution is -0.274. The topological polar surface area (TPSA) is 88.6 Å². The van der Waals surface area contributed by atoms with Crippen molar-refractivity contribution < 1.29 is 40.6 Å². The van der Waals surface area contributed by atoms with E-state index in [0.29, 0.717) is 0 Å². The average molecular weight is 521 g/mol. The van der Waals surface area contributed by atoms with E-state index in [9.17, 15) is 31.1 Å². The van der Waals surface area contributed by atoms with Gasteiger partial charge in [-0.2, -0.15) is 0 Å². The molecular formula is C22H25F6N5O3. The number of hydrogen-bond acceptors (Lipinski definition) is 7. The summed E-state index contributed by atoms with van der Waals surface area (Å²) in [6.45, 7) is 4.03. The number of alkyl halides is 5. The van der Waals surface area contributed by atoms with Crippen molar-refractivity contribution in [1.82, 2.24) is 15.3 Å². The van der Waals surface area contributed by atoms with Crippen LogP contribution in [0.2, 0.25) is 0 Å². The summed E-state index contributed by atoms with van der Waals surface area (Å²) in [4.78, 5) is 21.0. The van der Waals surface area contributed by atoms with E-state index in [4.69, 9.17) is 4.74 Å². The highest BCUT2D eigenvalue weighted by atomic mass is 19.4. The van der Waals surface area contributed by atoms with Crippen LogP contribution in [-0.2, 0) is 4.74 Å². The molecule has 198 valence electrons. The van der Waals surface area contributed by atoms with E-state index in [1.807, 2.05) is 0 Å². The minimum Gasteiger partial charge on any atom is -0.444 e. The molecule has 1 saturated heterocycles. The van der Waals surface area contributed by atoms with Gasteiger partial charge in [0.2, 0.25) is 0 Å². The SMILES string of the molecule is CC(C)(C)OC(=O)NCC1CCC(F)(F)CN1c1nc(Nc2cc(OC(F)(F)F)ccn2)ccc1F. The van der Waals surface area contributed by atoms with E-state index in [1.165, 1.54) is 6.07 Å². The lowest BCUT2D eigenvalue weighted by atomic mass is 9.99. The molecule has 3 rings (SSSR count). The van der Waals surface area contributed by atoms with Crippen molar-refractivity contribution in [3.05, 3.63) is 36.3 Å². The molecule has 0 aromatic carbocycles. The van der Waals surface area contributed by atoms with Gasteiger partial charge in [0.05, 0.1) is 6.54 Å². The molecule has 0 radical (unpaired) electrons. The Hall–Kier alpha value is -3.45. The molecule has 36 heavy (non-hydrogen) atoms. The summed E-state index contributed by atoms with van der Waals surface area (Å²) in [5, 5.41) is 5.11. The van der Waals surface area contributed by atoms with Gasteiger partial charge in [-0.15, -0.1) is 13.2 Å². The molecule has 1 aliphatic rings. The van der Waals surface area contributed by atoms with Crippen molar-refractivity contribution in [3.63, 3.8) is 0 Å². The first-order valence-electron chi connectivity index (χ1n) is 10.9. The van der Waals surface area contributed by atoms with Crippen molar-refractivity contribution in [2.75, 3.05) is 23.3 Å². The number of alkyl carbamates (subject to hydrolysis) is 1. The van der Waals surface area contributed by atoms with Crippen molar-refractivity contribution in [1.29, 1.82) is 0 Å². The quantitative estimate of drug-likeness (QED) is 0.493. The number of carbonyl (C=O) groups is 1. The van der Waals surface area contributed by atoms with Crippen LogP contribution in [0.5, 0.6) is 5.75 Å². The molecule has 2 N–H and O–H groups in total. The first-order valence-corrected chi connectivity index (χ1v) is 10.9. The summed E-state index contributed by atoms with van der Waals surface area (Å²) in [5.74, 6) is -5.16. The Kier molecular flexibility index (Phi) is 7.74. The third kappa shape index (κ3) is 8.05. The molecule has 0 aliphatic carbocycles. The number of ether oxygens (including phenoxy) is 2. The number of piperidine rings is 1. The molecule has 1 amide bonds. The smallest absolute Gasteiger partial charge is 0.444 e. The average Bonchev–Trinajstić information content (AvgIpc) is 2.71. The second-order valence-electron chi connectivity index (χ2n) is 9.11. The van der Waals surface area contributed by atoms with Crippen LogP contribution in [-0.4, -0.2) is 53.1 Å². The minimum absolute atomic E-state index is 0.0594. The van der Waals surface area contributed by atoms with Crippen LogP contribution in [0.4, 0.5) is 48.6 Å². The standard InChI is InChI=1S/C22H25F6N5O3/c1-20(2,3)36-19(34)30-11-13-6-8-21(24,25)12-33(13)18-15(23)4-5-16(32-18)31-17-10-14(7-9-29-17)35-22(26,27)28/h4-5,7,9-10,13H,6,8,11-12H2,1-3H3,(H,30,34)(H,29,31,32). The van der Waals surface area contributed by atoms with Crippen molar-refractivity contribution >= 4 is 23.5 Å². The predicted molar refractivity (Wildman–Crippen MR) is 118 cm³/mol. The molecule has 3 heterocycles. The van der Waals surface area contributed by atoms with Gasteiger partial charge in [0.15, 0.2) is 11.6 Å². The van der Waals surface area contributed by atoms with Gasteiger partial charge >= 0.3 is 12.5 Å². The van der Waals surface area contributed by atoms with E-state index in [1.54, 1.807) is 20.8 Å². The van der Waals surface area contributed by atoms with Gasteiger partial charge in [-0.3, -0.25) is 0 Å². The van der Waals surface area contributed by atoms with E-state index >= 15 is 0 Å². The van der Waals surface area contributed by atoms with Crippen LogP contribution >= 0.6 is 0 Å². The highest BCUT2D eigenvalue weighted by molar-refractivity contribution is 5.68. The summed E-state index contributed by atoms with van der Waals surface area (Å²) in [6.07, 6.45) is -5.16. The summed E-state index contributed by atoms with van der Waals surface area (Å²) in [6, 6.07) is 3.36. The number of aromatic nitrogens is 2. The molecule has 14 heteroatoms. The first-order chi connectivity index (χ1) is 16.6. The van der Waals surface area contributed by atoms with Crippen LogP contribution < -0.4 is 20.3 Å². The number of nitrogens with one attached hydrogen (secondary N) is 2. The largest absolute Gasteiger partial charge is 0.573 e. The van der Waals surface area contributed by atoms with Gasteiger partial charge in [-0.1, -0.05) is 0 Å². The molecule has 2 aromatic rings.